The van der Waals surface area contributed by atoms with Crippen molar-refractivity contribution in [3.05, 3.63) is 59.7 Å². The maximum Gasteiger partial charge on any atom is 0.412 e. The Labute approximate surface area is 182 Å². The molecular weight excluding hydrogens is 396 g/mol. The minimum atomic E-state index is -0.918. The second kappa shape index (κ2) is 9.20. The van der Waals surface area contributed by atoms with Crippen molar-refractivity contribution in [3.63, 3.8) is 0 Å². The summed E-state index contributed by atoms with van der Waals surface area (Å²) in [5.41, 5.74) is 2.16. The average molecular weight is 424 g/mol. The van der Waals surface area contributed by atoms with E-state index in [9.17, 15) is 14.4 Å². The number of para-hydroxylation sites is 1. The molecule has 0 spiro atoms. The van der Waals surface area contributed by atoms with Crippen LogP contribution in [0.4, 0.5) is 16.2 Å². The summed E-state index contributed by atoms with van der Waals surface area (Å²) in [6.07, 6.45) is 0.301. The van der Waals surface area contributed by atoms with Crippen LogP contribution in [0.3, 0.4) is 0 Å². The Kier molecular flexibility index (Phi) is 6.63. The lowest BCUT2D eigenvalue weighted by Crippen LogP contribution is -2.42. The Bertz CT molecular complexity index is 963. The van der Waals surface area contributed by atoms with Gasteiger partial charge in [-0.2, -0.15) is 0 Å². The molecule has 7 nitrogen and oxygen atoms in total. The number of anilines is 2. The SMILES string of the molecule is CC(OC(=O)c1ccc(NC(=O)OC(C)(C)C)cc1)C(=O)N1CCCc2ccccc21. The molecule has 0 aliphatic carbocycles. The van der Waals surface area contributed by atoms with Crippen molar-refractivity contribution in [2.75, 3.05) is 16.8 Å². The van der Waals surface area contributed by atoms with E-state index in [1.807, 2.05) is 24.3 Å². The molecule has 2 aromatic carbocycles. The number of aryl methyl sites for hydroxylation is 1. The number of hydrogen-bond donors (Lipinski definition) is 1. The molecule has 3 rings (SSSR count). The predicted octanol–water partition coefficient (Wildman–Crippen LogP) is 4.56. The topological polar surface area (TPSA) is 84.9 Å². The first-order valence-electron chi connectivity index (χ1n) is 10.3. The van der Waals surface area contributed by atoms with E-state index in [1.165, 1.54) is 12.1 Å². The van der Waals surface area contributed by atoms with Crippen LogP contribution in [0.15, 0.2) is 48.5 Å². The molecule has 1 aliphatic rings. The highest BCUT2D eigenvalue weighted by Gasteiger charge is 2.28. The van der Waals surface area contributed by atoms with E-state index < -0.39 is 23.8 Å². The van der Waals surface area contributed by atoms with E-state index in [0.717, 1.165) is 24.1 Å². The molecule has 0 radical (unpaired) electrons. The van der Waals surface area contributed by atoms with Gasteiger partial charge in [-0.15, -0.1) is 0 Å². The fourth-order valence-electron chi connectivity index (χ4n) is 3.37. The fraction of sp³-hybridized carbons (Fsp3) is 0.375. The molecular formula is C24H28N2O5. The number of carbonyl (C=O) groups excluding carboxylic acids is 3. The number of nitrogens with zero attached hydrogens (tertiary/aromatic N) is 1. The van der Waals surface area contributed by atoms with Crippen LogP contribution in [0.2, 0.25) is 0 Å². The third-order valence-corrected chi connectivity index (χ3v) is 4.77. The van der Waals surface area contributed by atoms with Crippen LogP contribution in [-0.2, 0) is 20.7 Å². The van der Waals surface area contributed by atoms with Crippen molar-refractivity contribution in [1.82, 2.24) is 0 Å². The van der Waals surface area contributed by atoms with E-state index in [2.05, 4.69) is 5.32 Å². The lowest BCUT2D eigenvalue weighted by Gasteiger charge is -2.31. The van der Waals surface area contributed by atoms with Gasteiger partial charge in [0.1, 0.15) is 5.60 Å². The maximum absolute atomic E-state index is 12.9. The number of benzene rings is 2. The summed E-state index contributed by atoms with van der Waals surface area (Å²) in [6, 6.07) is 14.0. The Morgan fingerprint density at radius 3 is 2.39 bits per heavy atom. The molecule has 1 N–H and O–H groups in total. The van der Waals surface area contributed by atoms with Gasteiger partial charge in [0.2, 0.25) is 0 Å². The van der Waals surface area contributed by atoms with Crippen LogP contribution in [0.5, 0.6) is 0 Å². The number of fused-ring (bicyclic) bond motifs is 1. The van der Waals surface area contributed by atoms with Crippen LogP contribution in [0.25, 0.3) is 0 Å². The van der Waals surface area contributed by atoms with Gasteiger partial charge in [0.05, 0.1) is 5.56 Å². The molecule has 1 unspecified atom stereocenters. The minimum Gasteiger partial charge on any atom is -0.449 e. The molecule has 164 valence electrons. The van der Waals surface area contributed by atoms with E-state index in [0.29, 0.717) is 12.2 Å². The minimum absolute atomic E-state index is 0.247. The molecule has 0 aromatic heterocycles. The fourth-order valence-corrected chi connectivity index (χ4v) is 3.37. The van der Waals surface area contributed by atoms with Crippen molar-refractivity contribution in [2.45, 2.75) is 52.2 Å². The van der Waals surface area contributed by atoms with Gasteiger partial charge in [-0.05, 0) is 76.4 Å². The predicted molar refractivity (Wildman–Crippen MR) is 118 cm³/mol. The maximum atomic E-state index is 12.9. The second-order valence-corrected chi connectivity index (χ2v) is 8.47. The van der Waals surface area contributed by atoms with E-state index in [-0.39, 0.29) is 11.5 Å². The summed E-state index contributed by atoms with van der Waals surface area (Å²) in [5.74, 6) is -0.848. The van der Waals surface area contributed by atoms with Crippen LogP contribution in [0.1, 0.15) is 50.0 Å². The molecule has 0 saturated heterocycles. The average Bonchev–Trinajstić information content (AvgIpc) is 2.71. The van der Waals surface area contributed by atoms with Crippen LogP contribution in [0, 0.1) is 0 Å². The highest BCUT2D eigenvalue weighted by molar-refractivity contribution is 6.00. The van der Waals surface area contributed by atoms with Gasteiger partial charge >= 0.3 is 12.1 Å². The van der Waals surface area contributed by atoms with E-state index in [4.69, 9.17) is 9.47 Å². The largest absolute Gasteiger partial charge is 0.449 e. The van der Waals surface area contributed by atoms with Crippen molar-refractivity contribution < 1.29 is 23.9 Å². The van der Waals surface area contributed by atoms with Crippen LogP contribution in [-0.4, -0.2) is 36.2 Å². The van der Waals surface area contributed by atoms with Gasteiger partial charge in [-0.1, -0.05) is 18.2 Å². The molecule has 0 saturated carbocycles. The molecule has 2 amide bonds. The highest BCUT2D eigenvalue weighted by atomic mass is 16.6. The van der Waals surface area contributed by atoms with E-state index >= 15 is 0 Å². The number of ether oxygens (including phenoxy) is 2. The number of esters is 1. The highest BCUT2D eigenvalue weighted by Crippen LogP contribution is 2.27. The Morgan fingerprint density at radius 1 is 1.03 bits per heavy atom. The molecule has 0 fully saturated rings. The van der Waals surface area contributed by atoms with Gasteiger partial charge in [-0.25, -0.2) is 9.59 Å². The lowest BCUT2D eigenvalue weighted by atomic mass is 10.0. The monoisotopic (exact) mass is 424 g/mol. The van der Waals surface area contributed by atoms with Crippen molar-refractivity contribution in [2.24, 2.45) is 0 Å². The Balaban J connectivity index is 1.60. The van der Waals surface area contributed by atoms with Gasteiger partial charge in [-0.3, -0.25) is 10.1 Å². The number of carbonyl (C=O) groups is 3. The second-order valence-electron chi connectivity index (χ2n) is 8.47. The molecule has 1 atom stereocenters. The summed E-state index contributed by atoms with van der Waals surface area (Å²) < 4.78 is 10.6. The van der Waals surface area contributed by atoms with Crippen molar-refractivity contribution in [3.8, 4) is 0 Å². The number of rotatable bonds is 4. The molecule has 2 aromatic rings. The zero-order chi connectivity index (χ0) is 22.6. The number of amides is 2. The normalized spacial score (nSPS) is 14.3. The first-order valence-corrected chi connectivity index (χ1v) is 10.3. The first-order chi connectivity index (χ1) is 14.6. The van der Waals surface area contributed by atoms with E-state index in [1.54, 1.807) is 44.7 Å². The van der Waals surface area contributed by atoms with Crippen molar-refractivity contribution in [1.29, 1.82) is 0 Å². The number of hydrogen-bond acceptors (Lipinski definition) is 5. The van der Waals surface area contributed by atoms with Crippen LogP contribution < -0.4 is 10.2 Å². The molecule has 7 heteroatoms. The van der Waals surface area contributed by atoms with Gasteiger partial charge in [0.25, 0.3) is 5.91 Å². The molecule has 1 aliphatic heterocycles. The third-order valence-electron chi connectivity index (χ3n) is 4.77. The van der Waals surface area contributed by atoms with Gasteiger partial charge in [0.15, 0.2) is 6.10 Å². The summed E-state index contributed by atoms with van der Waals surface area (Å²) in [6.45, 7) is 7.50. The standard InChI is InChI=1S/C24H28N2O5/c1-16(21(27)26-15-7-9-17-8-5-6-10-20(17)26)30-22(28)18-11-13-19(14-12-18)25-23(29)31-24(2,3)4/h5-6,8,10-14,16H,7,9,15H2,1-4H3,(H,25,29). The Hall–Kier alpha value is -3.35. The first kappa shape index (κ1) is 22.3. The summed E-state index contributed by atoms with van der Waals surface area (Å²) in [4.78, 5) is 38.9. The van der Waals surface area contributed by atoms with Crippen LogP contribution >= 0.6 is 0 Å². The zero-order valence-corrected chi connectivity index (χ0v) is 18.3. The van der Waals surface area contributed by atoms with Gasteiger partial charge in [0, 0.05) is 17.9 Å². The lowest BCUT2D eigenvalue weighted by molar-refractivity contribution is -0.126. The summed E-state index contributed by atoms with van der Waals surface area (Å²) in [7, 11) is 0. The summed E-state index contributed by atoms with van der Waals surface area (Å²) >= 11 is 0. The van der Waals surface area contributed by atoms with Gasteiger partial charge < -0.3 is 14.4 Å². The quantitative estimate of drug-likeness (QED) is 0.728. The third kappa shape index (κ3) is 5.84. The molecule has 0 bridgehead atoms. The zero-order valence-electron chi connectivity index (χ0n) is 18.3. The number of nitrogens with one attached hydrogen (secondary N) is 1. The molecule has 31 heavy (non-hydrogen) atoms. The Morgan fingerprint density at radius 2 is 1.71 bits per heavy atom. The summed E-state index contributed by atoms with van der Waals surface area (Å²) in [5, 5.41) is 2.60. The smallest absolute Gasteiger partial charge is 0.412 e. The molecule has 1 heterocycles. The van der Waals surface area contributed by atoms with Crippen molar-refractivity contribution >= 4 is 29.3 Å².